The number of ether oxygens (including phenoxy) is 3. The number of hydrazone groups is 1. The molecule has 1 atom stereocenters. The number of carbonyl (C=O) groups is 4. The Labute approximate surface area is 188 Å². The van der Waals surface area contributed by atoms with Crippen LogP contribution in [0, 0.1) is 0 Å². The third kappa shape index (κ3) is 4.66. The number of carbonyl (C=O) groups excluding carboxylic acids is 4. The maximum atomic E-state index is 12.5. The van der Waals surface area contributed by atoms with Gasteiger partial charge in [-0.05, 0) is 17.1 Å². The summed E-state index contributed by atoms with van der Waals surface area (Å²) in [5.41, 5.74) is 2.87. The van der Waals surface area contributed by atoms with Crippen molar-refractivity contribution in [1.29, 1.82) is 0 Å². The first-order valence-corrected chi connectivity index (χ1v) is 9.66. The predicted molar refractivity (Wildman–Crippen MR) is 115 cm³/mol. The lowest BCUT2D eigenvalue weighted by molar-refractivity contribution is -0.519. The van der Waals surface area contributed by atoms with Crippen molar-refractivity contribution in [2.75, 3.05) is 34.9 Å². The fourth-order valence-corrected chi connectivity index (χ4v) is 3.27. The number of methoxy groups -OCH3 is 2. The second-order valence-corrected chi connectivity index (χ2v) is 7.06. The van der Waals surface area contributed by atoms with Crippen molar-refractivity contribution < 1.29 is 38.0 Å². The fraction of sp³-hybridized carbons (Fsp3) is 0.350. The van der Waals surface area contributed by atoms with E-state index in [9.17, 15) is 19.2 Å². The van der Waals surface area contributed by atoms with Gasteiger partial charge in [0.25, 0.3) is 30.0 Å². The zero-order valence-electron chi connectivity index (χ0n) is 18.7. The summed E-state index contributed by atoms with van der Waals surface area (Å²) in [6, 6.07) is 1.74. The molecule has 1 saturated heterocycles. The van der Waals surface area contributed by atoms with E-state index in [1.165, 1.54) is 57.3 Å². The van der Waals surface area contributed by atoms with Crippen molar-refractivity contribution in [1.82, 2.24) is 15.2 Å². The number of benzene rings is 1. The van der Waals surface area contributed by atoms with Crippen LogP contribution >= 0.6 is 0 Å². The molecule has 2 aliphatic rings. The second-order valence-electron chi connectivity index (χ2n) is 7.06. The van der Waals surface area contributed by atoms with Gasteiger partial charge in [-0.3, -0.25) is 24.2 Å². The Bertz CT molecular complexity index is 1090. The van der Waals surface area contributed by atoms with Gasteiger partial charge in [0.15, 0.2) is 18.0 Å². The number of nitrogens with zero attached hydrogens (tertiary/aromatic N) is 5. The number of nitrogens with one attached hydrogen (secondary N) is 1. The van der Waals surface area contributed by atoms with Crippen LogP contribution in [0.2, 0.25) is 0 Å². The van der Waals surface area contributed by atoms with Crippen LogP contribution in [0.1, 0.15) is 12.5 Å². The molecule has 13 nitrogen and oxygen atoms in total. The number of rotatable bonds is 7. The molecule has 3 rings (SSSR count). The Hall–Kier alpha value is -4.29. The maximum absolute atomic E-state index is 12.5. The van der Waals surface area contributed by atoms with E-state index in [4.69, 9.17) is 14.2 Å². The van der Waals surface area contributed by atoms with E-state index < -0.39 is 29.9 Å². The van der Waals surface area contributed by atoms with Gasteiger partial charge in [0, 0.05) is 26.6 Å². The SMILES string of the molecule is COc1cc(/C=N/NC(=O)C[N+]2=CN=C3C2C(=O)N(C)C(=O)N3C)cc(OC)c1OC(C)=O. The molecule has 174 valence electrons. The van der Waals surface area contributed by atoms with Gasteiger partial charge in [0.1, 0.15) is 0 Å². The quantitative estimate of drug-likeness (QED) is 0.189. The minimum atomic E-state index is -0.866. The van der Waals surface area contributed by atoms with Gasteiger partial charge >= 0.3 is 12.0 Å². The Morgan fingerprint density at radius 3 is 2.39 bits per heavy atom. The first kappa shape index (κ1) is 23.4. The molecule has 0 saturated carbocycles. The van der Waals surface area contributed by atoms with Crippen LogP contribution in [-0.2, 0) is 14.4 Å². The summed E-state index contributed by atoms with van der Waals surface area (Å²) in [4.78, 5) is 54.5. The number of fused-ring (bicyclic) bond motifs is 1. The molecule has 2 aliphatic heterocycles. The largest absolute Gasteiger partial charge is 0.493 e. The first-order chi connectivity index (χ1) is 15.7. The van der Waals surface area contributed by atoms with Crippen molar-refractivity contribution >= 4 is 42.2 Å². The molecule has 1 aromatic rings. The fourth-order valence-electron chi connectivity index (χ4n) is 3.27. The van der Waals surface area contributed by atoms with Crippen LogP contribution in [0.5, 0.6) is 17.2 Å². The maximum Gasteiger partial charge on any atom is 0.333 e. The molecule has 0 aromatic heterocycles. The van der Waals surface area contributed by atoms with E-state index in [2.05, 4.69) is 15.5 Å². The number of amides is 4. The molecule has 33 heavy (non-hydrogen) atoms. The van der Waals surface area contributed by atoms with Crippen LogP contribution in [0.15, 0.2) is 22.2 Å². The van der Waals surface area contributed by atoms with Crippen LogP contribution in [0.3, 0.4) is 0 Å². The third-order valence-electron chi connectivity index (χ3n) is 4.85. The Kier molecular flexibility index (Phi) is 6.70. The van der Waals surface area contributed by atoms with Crippen LogP contribution in [0.4, 0.5) is 4.79 Å². The average Bonchev–Trinajstić information content (AvgIpc) is 3.20. The number of aliphatic imine (C=N–C) groups is 1. The summed E-state index contributed by atoms with van der Waals surface area (Å²) in [6.45, 7) is 1.04. The summed E-state index contributed by atoms with van der Waals surface area (Å²) < 4.78 is 17.0. The number of urea groups is 1. The highest BCUT2D eigenvalue weighted by molar-refractivity contribution is 6.21. The predicted octanol–water partition coefficient (Wildman–Crippen LogP) is -0.575. The lowest BCUT2D eigenvalue weighted by atomic mass is 10.1. The average molecular weight is 459 g/mol. The highest BCUT2D eigenvalue weighted by Gasteiger charge is 2.50. The van der Waals surface area contributed by atoms with E-state index in [-0.39, 0.29) is 29.6 Å². The van der Waals surface area contributed by atoms with Crippen LogP contribution < -0.4 is 19.6 Å². The number of imide groups is 1. The lowest BCUT2D eigenvalue weighted by Crippen LogP contribution is -2.61. The standard InChI is InChI=1S/C20H22N6O7/c1-11(27)33-17-13(31-4)6-12(7-14(17)32-5)8-22-23-15(28)9-26-10-21-18-16(26)19(29)25(3)20(30)24(18)2/h6-8,10,16H,9H2,1-5H3/p+1/b22-8+. The number of likely N-dealkylation sites (N-methyl/N-ethyl adjacent to an activating group) is 2. The molecule has 1 N–H and O–H groups in total. The topological polar surface area (TPSA) is 142 Å². The van der Waals surface area contributed by atoms with Gasteiger partial charge in [0.05, 0.1) is 20.4 Å². The van der Waals surface area contributed by atoms with Gasteiger partial charge < -0.3 is 14.2 Å². The van der Waals surface area contributed by atoms with Crippen molar-refractivity contribution in [3.8, 4) is 17.2 Å². The van der Waals surface area contributed by atoms with Gasteiger partial charge in [-0.2, -0.15) is 5.10 Å². The molecule has 0 radical (unpaired) electrons. The minimum absolute atomic E-state index is 0.125. The number of hydrogen-bond acceptors (Lipinski definition) is 9. The molecule has 0 bridgehead atoms. The summed E-state index contributed by atoms with van der Waals surface area (Å²) in [7, 11) is 5.69. The minimum Gasteiger partial charge on any atom is -0.493 e. The van der Waals surface area contributed by atoms with E-state index in [1.54, 1.807) is 12.1 Å². The molecule has 13 heteroatoms. The normalized spacial score (nSPS) is 17.5. The van der Waals surface area contributed by atoms with E-state index in [1.807, 2.05) is 0 Å². The molecule has 4 amide bonds. The van der Waals surface area contributed by atoms with Crippen LogP contribution in [0.25, 0.3) is 0 Å². The Morgan fingerprint density at radius 2 is 1.82 bits per heavy atom. The Balaban J connectivity index is 1.67. The van der Waals surface area contributed by atoms with Gasteiger partial charge in [-0.15, -0.1) is 0 Å². The molecule has 1 fully saturated rings. The van der Waals surface area contributed by atoms with E-state index >= 15 is 0 Å². The molecule has 2 heterocycles. The van der Waals surface area contributed by atoms with Crippen molar-refractivity contribution in [3.63, 3.8) is 0 Å². The van der Waals surface area contributed by atoms with E-state index in [0.29, 0.717) is 5.56 Å². The molecule has 0 aliphatic carbocycles. The summed E-state index contributed by atoms with van der Waals surface area (Å²) in [6.07, 6.45) is 2.69. The number of esters is 1. The van der Waals surface area contributed by atoms with Gasteiger partial charge in [0.2, 0.25) is 5.75 Å². The van der Waals surface area contributed by atoms with Crippen LogP contribution in [-0.4, -0.2) is 97.5 Å². The number of amidine groups is 1. The first-order valence-electron chi connectivity index (χ1n) is 9.66. The zero-order valence-corrected chi connectivity index (χ0v) is 18.7. The highest BCUT2D eigenvalue weighted by atomic mass is 16.6. The molecule has 0 spiro atoms. The highest BCUT2D eigenvalue weighted by Crippen LogP contribution is 2.38. The van der Waals surface area contributed by atoms with Gasteiger partial charge in [-0.25, -0.2) is 14.8 Å². The number of hydrogen-bond donors (Lipinski definition) is 1. The molecular formula is C20H23N6O7+. The second kappa shape index (κ2) is 9.46. The summed E-state index contributed by atoms with van der Waals surface area (Å²) >= 11 is 0. The lowest BCUT2D eigenvalue weighted by Gasteiger charge is -2.30. The van der Waals surface area contributed by atoms with E-state index in [0.717, 1.165) is 4.90 Å². The molecule has 1 unspecified atom stereocenters. The van der Waals surface area contributed by atoms with Gasteiger partial charge in [-0.1, -0.05) is 0 Å². The van der Waals surface area contributed by atoms with Crippen molar-refractivity contribution in [2.45, 2.75) is 13.0 Å². The summed E-state index contributed by atoms with van der Waals surface area (Å²) in [5.74, 6) is -0.659. The Morgan fingerprint density at radius 1 is 1.18 bits per heavy atom. The van der Waals surface area contributed by atoms with Crippen molar-refractivity contribution in [3.05, 3.63) is 17.7 Å². The summed E-state index contributed by atoms with van der Waals surface area (Å²) in [5, 5.41) is 3.91. The zero-order chi connectivity index (χ0) is 24.3. The monoisotopic (exact) mass is 459 g/mol. The van der Waals surface area contributed by atoms with Crippen molar-refractivity contribution in [2.24, 2.45) is 10.1 Å². The molecular weight excluding hydrogens is 436 g/mol. The smallest absolute Gasteiger partial charge is 0.333 e. The molecule has 1 aromatic carbocycles. The third-order valence-corrected chi connectivity index (χ3v) is 4.85.